The van der Waals surface area contributed by atoms with Gasteiger partial charge in [0.2, 0.25) is 11.8 Å². The number of aromatic nitrogens is 4. The van der Waals surface area contributed by atoms with Gasteiger partial charge in [-0.25, -0.2) is 18.1 Å². The van der Waals surface area contributed by atoms with E-state index in [1.807, 2.05) is 32.0 Å². The molecule has 0 aliphatic heterocycles. The molecule has 0 saturated heterocycles. The van der Waals surface area contributed by atoms with Crippen molar-refractivity contribution in [2.75, 3.05) is 4.72 Å². The number of nitrogens with one attached hydrogen (secondary N) is 1. The SMILES string of the molecule is Cc1cccc(C)c1-c1cc(OC2CCCC2(C)C)nc(NS(=O)(=O)c2cnn(C)c2)n1. The fraction of sp³-hybridized carbons (Fsp3) is 0.435. The van der Waals surface area contributed by atoms with Gasteiger partial charge in [-0.3, -0.25) is 4.68 Å². The summed E-state index contributed by atoms with van der Waals surface area (Å²) in [5.41, 5.74) is 3.66. The predicted molar refractivity (Wildman–Crippen MR) is 123 cm³/mol. The molecule has 9 heteroatoms. The van der Waals surface area contributed by atoms with Crippen molar-refractivity contribution in [1.82, 2.24) is 19.7 Å². The van der Waals surface area contributed by atoms with E-state index in [1.165, 1.54) is 17.1 Å². The first-order valence-electron chi connectivity index (χ1n) is 10.7. The van der Waals surface area contributed by atoms with Crippen molar-refractivity contribution < 1.29 is 13.2 Å². The second kappa shape index (κ2) is 8.20. The average Bonchev–Trinajstić information content (AvgIpc) is 3.27. The Labute approximate surface area is 189 Å². The van der Waals surface area contributed by atoms with Crippen LogP contribution in [0.5, 0.6) is 5.88 Å². The van der Waals surface area contributed by atoms with Gasteiger partial charge in [-0.1, -0.05) is 32.0 Å². The van der Waals surface area contributed by atoms with Gasteiger partial charge >= 0.3 is 0 Å². The first-order valence-corrected chi connectivity index (χ1v) is 12.2. The average molecular weight is 456 g/mol. The van der Waals surface area contributed by atoms with E-state index in [1.54, 1.807) is 13.1 Å². The van der Waals surface area contributed by atoms with E-state index in [9.17, 15) is 8.42 Å². The van der Waals surface area contributed by atoms with Crippen molar-refractivity contribution in [3.05, 3.63) is 47.8 Å². The lowest BCUT2D eigenvalue weighted by molar-refractivity contribution is 0.0984. The zero-order valence-corrected chi connectivity index (χ0v) is 19.9. The standard InChI is InChI=1S/C23H29N5O3S/c1-15-8-6-9-16(2)21(15)18-12-20(31-19-10-7-11-23(19,3)4)26-22(25-18)27-32(29,30)17-13-24-28(5)14-17/h6,8-9,12-14,19H,7,10-11H2,1-5H3,(H,25,26,27). The molecule has 2 heterocycles. The van der Waals surface area contributed by atoms with Gasteiger partial charge in [0.1, 0.15) is 11.0 Å². The summed E-state index contributed by atoms with van der Waals surface area (Å²) in [7, 11) is -2.23. The van der Waals surface area contributed by atoms with Crippen LogP contribution in [0.1, 0.15) is 44.2 Å². The number of hydrogen-bond donors (Lipinski definition) is 1. The molecule has 1 aromatic carbocycles. The van der Waals surface area contributed by atoms with Crippen LogP contribution in [0.15, 0.2) is 41.6 Å². The maximum absolute atomic E-state index is 12.9. The highest BCUT2D eigenvalue weighted by molar-refractivity contribution is 7.92. The zero-order valence-electron chi connectivity index (χ0n) is 19.1. The molecule has 1 fully saturated rings. The highest BCUT2D eigenvalue weighted by Crippen LogP contribution is 2.40. The molecule has 32 heavy (non-hydrogen) atoms. The number of hydrogen-bond acceptors (Lipinski definition) is 6. The molecule has 0 amide bonds. The lowest BCUT2D eigenvalue weighted by Gasteiger charge is -2.27. The number of anilines is 1. The number of benzene rings is 1. The minimum atomic E-state index is -3.89. The van der Waals surface area contributed by atoms with Crippen LogP contribution in [0.4, 0.5) is 5.95 Å². The summed E-state index contributed by atoms with van der Waals surface area (Å²) in [5.74, 6) is 0.335. The Morgan fingerprint density at radius 1 is 1.19 bits per heavy atom. The number of aryl methyl sites for hydroxylation is 3. The van der Waals surface area contributed by atoms with E-state index < -0.39 is 10.0 Å². The fourth-order valence-corrected chi connectivity index (χ4v) is 5.18. The normalized spacial score (nSPS) is 18.0. The number of nitrogens with zero attached hydrogens (tertiary/aromatic N) is 4. The Bertz CT molecular complexity index is 1230. The van der Waals surface area contributed by atoms with Crippen LogP contribution in [-0.2, 0) is 17.1 Å². The number of rotatable bonds is 6. The molecular weight excluding hydrogens is 426 g/mol. The lowest BCUT2D eigenvalue weighted by Crippen LogP contribution is -2.29. The fourth-order valence-electron chi connectivity index (χ4n) is 4.25. The Morgan fingerprint density at radius 3 is 2.50 bits per heavy atom. The molecule has 2 aromatic heterocycles. The zero-order chi connectivity index (χ0) is 23.1. The Hall–Kier alpha value is -2.94. The molecule has 0 spiro atoms. The van der Waals surface area contributed by atoms with Gasteiger partial charge < -0.3 is 4.74 Å². The van der Waals surface area contributed by atoms with Crippen LogP contribution in [0.25, 0.3) is 11.3 Å². The largest absolute Gasteiger partial charge is 0.474 e. The van der Waals surface area contributed by atoms with Crippen molar-refractivity contribution in [3.8, 4) is 17.1 Å². The van der Waals surface area contributed by atoms with Gasteiger partial charge in [0.05, 0.1) is 11.9 Å². The minimum Gasteiger partial charge on any atom is -0.474 e. The summed E-state index contributed by atoms with van der Waals surface area (Å²) in [4.78, 5) is 9.00. The van der Waals surface area contributed by atoms with Crippen molar-refractivity contribution in [2.24, 2.45) is 12.5 Å². The molecular formula is C23H29N5O3S. The first kappa shape index (κ1) is 22.3. The van der Waals surface area contributed by atoms with Gasteiger partial charge in [0, 0.05) is 30.3 Å². The summed E-state index contributed by atoms with van der Waals surface area (Å²) >= 11 is 0. The van der Waals surface area contributed by atoms with Crippen molar-refractivity contribution in [2.45, 2.75) is 58.0 Å². The molecule has 1 aliphatic rings. The molecule has 3 aromatic rings. The minimum absolute atomic E-state index is 0.00555. The van der Waals surface area contributed by atoms with Gasteiger partial charge in [0.25, 0.3) is 10.0 Å². The lowest BCUT2D eigenvalue weighted by atomic mass is 9.89. The summed E-state index contributed by atoms with van der Waals surface area (Å²) in [5, 5.41) is 3.95. The molecule has 4 rings (SSSR count). The topological polar surface area (TPSA) is 99.0 Å². The monoisotopic (exact) mass is 455 g/mol. The highest BCUT2D eigenvalue weighted by atomic mass is 32.2. The van der Waals surface area contributed by atoms with E-state index in [0.29, 0.717) is 11.6 Å². The second-order valence-electron chi connectivity index (χ2n) is 9.12. The third-order valence-corrected chi connectivity index (χ3v) is 7.36. The molecule has 1 aliphatic carbocycles. The summed E-state index contributed by atoms with van der Waals surface area (Å²) in [6, 6.07) is 7.79. The van der Waals surface area contributed by atoms with Crippen molar-refractivity contribution in [3.63, 3.8) is 0 Å². The van der Waals surface area contributed by atoms with Gasteiger partial charge in [0.15, 0.2) is 0 Å². The summed E-state index contributed by atoms with van der Waals surface area (Å²) in [6.07, 6.45) is 5.82. The van der Waals surface area contributed by atoms with Crippen LogP contribution in [0, 0.1) is 19.3 Å². The molecule has 0 radical (unpaired) electrons. The molecule has 170 valence electrons. The van der Waals surface area contributed by atoms with Crippen LogP contribution in [-0.4, -0.2) is 34.3 Å². The van der Waals surface area contributed by atoms with Crippen molar-refractivity contribution in [1.29, 1.82) is 0 Å². The molecule has 1 atom stereocenters. The van der Waals surface area contributed by atoms with E-state index in [-0.39, 0.29) is 22.4 Å². The van der Waals surface area contributed by atoms with Crippen molar-refractivity contribution >= 4 is 16.0 Å². The predicted octanol–water partition coefficient (Wildman–Crippen LogP) is 4.25. The van der Waals surface area contributed by atoms with Crippen LogP contribution < -0.4 is 9.46 Å². The smallest absolute Gasteiger partial charge is 0.267 e. The molecule has 1 saturated carbocycles. The third kappa shape index (κ3) is 4.48. The highest BCUT2D eigenvalue weighted by Gasteiger charge is 2.36. The van der Waals surface area contributed by atoms with E-state index >= 15 is 0 Å². The van der Waals surface area contributed by atoms with Gasteiger partial charge in [-0.15, -0.1) is 0 Å². The Balaban J connectivity index is 1.77. The second-order valence-corrected chi connectivity index (χ2v) is 10.8. The summed E-state index contributed by atoms with van der Waals surface area (Å²) in [6.45, 7) is 8.38. The van der Waals surface area contributed by atoms with E-state index in [0.717, 1.165) is 36.0 Å². The maximum atomic E-state index is 12.9. The van der Waals surface area contributed by atoms with Gasteiger partial charge in [-0.2, -0.15) is 10.1 Å². The molecule has 0 bridgehead atoms. The molecule has 1 N–H and O–H groups in total. The maximum Gasteiger partial charge on any atom is 0.267 e. The van der Waals surface area contributed by atoms with E-state index in [4.69, 9.17) is 4.74 Å². The van der Waals surface area contributed by atoms with Crippen LogP contribution >= 0.6 is 0 Å². The Kier molecular flexibility index (Phi) is 5.70. The number of ether oxygens (including phenoxy) is 1. The van der Waals surface area contributed by atoms with Gasteiger partial charge in [-0.05, 0) is 44.2 Å². The van der Waals surface area contributed by atoms with Crippen LogP contribution in [0.2, 0.25) is 0 Å². The van der Waals surface area contributed by atoms with E-state index in [2.05, 4.69) is 33.6 Å². The quantitative estimate of drug-likeness (QED) is 0.596. The third-order valence-electron chi connectivity index (χ3n) is 6.08. The Morgan fingerprint density at radius 2 is 1.91 bits per heavy atom. The molecule has 8 nitrogen and oxygen atoms in total. The summed E-state index contributed by atoms with van der Waals surface area (Å²) < 4.78 is 36.0. The number of sulfonamides is 1. The van der Waals surface area contributed by atoms with Crippen LogP contribution in [0.3, 0.4) is 0 Å². The first-order chi connectivity index (χ1) is 15.0. The molecule has 1 unspecified atom stereocenters.